The maximum absolute atomic E-state index is 12.7. The summed E-state index contributed by atoms with van der Waals surface area (Å²) in [6.07, 6.45) is 1.74. The Balaban J connectivity index is 1.71. The molecule has 1 fully saturated rings. The first kappa shape index (κ1) is 18.0. The van der Waals surface area contributed by atoms with E-state index in [4.69, 9.17) is 0 Å². The average molecular weight is 380 g/mol. The second-order valence-electron chi connectivity index (χ2n) is 6.21. The Bertz CT molecular complexity index is 841. The molecule has 1 aliphatic heterocycles. The third-order valence-corrected chi connectivity index (χ3v) is 7.49. The highest BCUT2D eigenvalue weighted by Gasteiger charge is 2.48. The van der Waals surface area contributed by atoms with E-state index >= 15 is 0 Å². The zero-order chi connectivity index (χ0) is 17.9. The lowest BCUT2D eigenvalue weighted by Crippen LogP contribution is -2.57. The molecule has 2 heterocycles. The van der Waals surface area contributed by atoms with Gasteiger partial charge in [-0.25, -0.2) is 13.4 Å². The van der Waals surface area contributed by atoms with E-state index < -0.39 is 20.5 Å². The van der Waals surface area contributed by atoms with Crippen LogP contribution in [-0.4, -0.2) is 43.4 Å². The lowest BCUT2D eigenvalue weighted by Gasteiger charge is -2.34. The summed E-state index contributed by atoms with van der Waals surface area (Å²) < 4.78 is 23.2. The van der Waals surface area contributed by atoms with Gasteiger partial charge < -0.3 is 10.6 Å². The molecule has 134 valence electrons. The van der Waals surface area contributed by atoms with Crippen molar-refractivity contribution >= 4 is 27.1 Å². The lowest BCUT2D eigenvalue weighted by molar-refractivity contribution is -0.124. The zero-order valence-electron chi connectivity index (χ0n) is 14.0. The van der Waals surface area contributed by atoms with Gasteiger partial charge in [0.1, 0.15) is 5.01 Å². The van der Waals surface area contributed by atoms with E-state index in [1.165, 1.54) is 11.3 Å². The SMILES string of the molecule is CS(=O)(=O)C1(C(=O)NCc2csc(-c3ccccc3)n2)CCNCC1. The molecule has 0 radical (unpaired) electrons. The van der Waals surface area contributed by atoms with Crippen molar-refractivity contribution in [1.29, 1.82) is 0 Å². The van der Waals surface area contributed by atoms with E-state index in [-0.39, 0.29) is 6.54 Å². The second kappa shape index (κ2) is 7.23. The number of carbonyl (C=O) groups is 1. The van der Waals surface area contributed by atoms with Crippen molar-refractivity contribution in [2.45, 2.75) is 24.1 Å². The van der Waals surface area contributed by atoms with Gasteiger partial charge in [0.15, 0.2) is 14.6 Å². The molecule has 0 spiro atoms. The fourth-order valence-corrected chi connectivity index (χ4v) is 5.21. The van der Waals surface area contributed by atoms with Crippen LogP contribution in [0.1, 0.15) is 18.5 Å². The molecular weight excluding hydrogens is 358 g/mol. The van der Waals surface area contributed by atoms with Crippen LogP contribution in [0, 0.1) is 0 Å². The van der Waals surface area contributed by atoms with E-state index in [1.54, 1.807) is 0 Å². The van der Waals surface area contributed by atoms with Crippen molar-refractivity contribution in [2.24, 2.45) is 0 Å². The maximum Gasteiger partial charge on any atom is 0.241 e. The number of aromatic nitrogens is 1. The normalized spacial score (nSPS) is 17.2. The van der Waals surface area contributed by atoms with Crippen LogP contribution in [0.5, 0.6) is 0 Å². The van der Waals surface area contributed by atoms with Gasteiger partial charge in [-0.2, -0.15) is 0 Å². The molecule has 0 unspecified atom stereocenters. The first-order valence-electron chi connectivity index (χ1n) is 8.11. The number of nitrogens with zero attached hydrogens (tertiary/aromatic N) is 1. The minimum absolute atomic E-state index is 0.229. The highest BCUT2D eigenvalue weighted by atomic mass is 32.2. The van der Waals surface area contributed by atoms with Gasteiger partial charge in [0, 0.05) is 17.2 Å². The minimum Gasteiger partial charge on any atom is -0.349 e. The van der Waals surface area contributed by atoms with Crippen LogP contribution in [0.4, 0.5) is 0 Å². The van der Waals surface area contributed by atoms with E-state index in [9.17, 15) is 13.2 Å². The van der Waals surface area contributed by atoms with Crippen molar-refractivity contribution in [3.63, 3.8) is 0 Å². The largest absolute Gasteiger partial charge is 0.349 e. The fourth-order valence-electron chi connectivity index (χ4n) is 3.03. The third kappa shape index (κ3) is 3.75. The molecule has 1 amide bonds. The van der Waals surface area contributed by atoms with Crippen LogP contribution in [0.2, 0.25) is 0 Å². The first-order valence-corrected chi connectivity index (χ1v) is 10.9. The van der Waals surface area contributed by atoms with Crippen molar-refractivity contribution in [3.05, 3.63) is 41.4 Å². The Hall–Kier alpha value is -1.77. The van der Waals surface area contributed by atoms with Gasteiger partial charge in [0.2, 0.25) is 5.91 Å². The van der Waals surface area contributed by atoms with E-state index in [0.29, 0.717) is 25.9 Å². The molecule has 1 saturated heterocycles. The summed E-state index contributed by atoms with van der Waals surface area (Å²) in [5.74, 6) is -0.425. The quantitative estimate of drug-likeness (QED) is 0.824. The van der Waals surface area contributed by atoms with Gasteiger partial charge in [0.25, 0.3) is 0 Å². The Morgan fingerprint density at radius 3 is 2.60 bits per heavy atom. The molecule has 0 atom stereocenters. The summed E-state index contributed by atoms with van der Waals surface area (Å²) in [5, 5.41) is 8.65. The molecule has 0 saturated carbocycles. The molecule has 3 rings (SSSR count). The number of piperidine rings is 1. The van der Waals surface area contributed by atoms with Crippen LogP contribution in [0.25, 0.3) is 10.6 Å². The molecule has 1 aliphatic rings. The van der Waals surface area contributed by atoms with E-state index in [2.05, 4.69) is 15.6 Å². The number of thiazole rings is 1. The first-order chi connectivity index (χ1) is 11.9. The molecule has 1 aromatic carbocycles. The summed E-state index contributed by atoms with van der Waals surface area (Å²) in [6.45, 7) is 1.28. The average Bonchev–Trinajstić information content (AvgIpc) is 3.09. The van der Waals surface area contributed by atoms with Gasteiger partial charge >= 0.3 is 0 Å². The Morgan fingerprint density at radius 1 is 1.28 bits per heavy atom. The molecule has 8 heteroatoms. The number of sulfone groups is 1. The molecule has 1 aromatic heterocycles. The number of amides is 1. The predicted octanol–water partition coefficient (Wildman–Crippen LogP) is 1.59. The summed E-state index contributed by atoms with van der Waals surface area (Å²) in [6, 6.07) is 9.81. The Kier molecular flexibility index (Phi) is 5.21. The Morgan fingerprint density at radius 2 is 1.96 bits per heavy atom. The number of benzene rings is 1. The third-order valence-electron chi connectivity index (χ3n) is 4.54. The molecule has 0 aliphatic carbocycles. The van der Waals surface area contributed by atoms with Gasteiger partial charge in [0.05, 0.1) is 12.2 Å². The number of hydrogen-bond donors (Lipinski definition) is 2. The smallest absolute Gasteiger partial charge is 0.241 e. The van der Waals surface area contributed by atoms with Gasteiger partial charge in [-0.1, -0.05) is 30.3 Å². The highest BCUT2D eigenvalue weighted by Crippen LogP contribution is 2.28. The maximum atomic E-state index is 12.7. The van der Waals surface area contributed by atoms with Crippen LogP contribution < -0.4 is 10.6 Å². The second-order valence-corrected chi connectivity index (χ2v) is 9.39. The highest BCUT2D eigenvalue weighted by molar-refractivity contribution is 7.92. The monoisotopic (exact) mass is 379 g/mol. The summed E-state index contributed by atoms with van der Waals surface area (Å²) in [7, 11) is -3.50. The van der Waals surface area contributed by atoms with Crippen molar-refractivity contribution in [2.75, 3.05) is 19.3 Å². The van der Waals surface area contributed by atoms with Crippen LogP contribution >= 0.6 is 11.3 Å². The lowest BCUT2D eigenvalue weighted by atomic mass is 9.96. The van der Waals surface area contributed by atoms with Gasteiger partial charge in [-0.05, 0) is 25.9 Å². The number of carbonyl (C=O) groups excluding carboxylic acids is 1. The number of nitrogens with one attached hydrogen (secondary N) is 2. The van der Waals surface area contributed by atoms with Gasteiger partial charge in [-0.15, -0.1) is 11.3 Å². The van der Waals surface area contributed by atoms with Crippen molar-refractivity contribution in [1.82, 2.24) is 15.6 Å². The topological polar surface area (TPSA) is 88.2 Å². The van der Waals surface area contributed by atoms with E-state index in [1.807, 2.05) is 35.7 Å². The van der Waals surface area contributed by atoms with Gasteiger partial charge in [-0.3, -0.25) is 4.79 Å². The van der Waals surface area contributed by atoms with Crippen LogP contribution in [0.15, 0.2) is 35.7 Å². The standard InChI is InChI=1S/C17H21N3O3S2/c1-25(22,23)17(7-9-18-10-8-17)16(21)19-11-14-12-24-15(20-14)13-5-3-2-4-6-13/h2-6,12,18H,7-11H2,1H3,(H,19,21). The minimum atomic E-state index is -3.50. The van der Waals surface area contributed by atoms with Crippen molar-refractivity contribution in [3.8, 4) is 10.6 Å². The zero-order valence-corrected chi connectivity index (χ0v) is 15.6. The number of hydrogen-bond acceptors (Lipinski definition) is 6. The van der Waals surface area contributed by atoms with E-state index in [0.717, 1.165) is 22.5 Å². The number of rotatable bonds is 5. The molecular formula is C17H21N3O3S2. The summed E-state index contributed by atoms with van der Waals surface area (Å²) in [4.78, 5) is 17.2. The molecule has 2 aromatic rings. The molecule has 25 heavy (non-hydrogen) atoms. The van der Waals surface area contributed by atoms with Crippen LogP contribution in [0.3, 0.4) is 0 Å². The Labute approximate surface area is 151 Å². The van der Waals surface area contributed by atoms with Crippen molar-refractivity contribution < 1.29 is 13.2 Å². The summed E-state index contributed by atoms with van der Waals surface area (Å²) in [5.41, 5.74) is 1.76. The van der Waals surface area contributed by atoms with Crippen LogP contribution in [-0.2, 0) is 21.2 Å². The molecule has 2 N–H and O–H groups in total. The summed E-state index contributed by atoms with van der Waals surface area (Å²) >= 11 is 1.50. The predicted molar refractivity (Wildman–Crippen MR) is 99.1 cm³/mol. The molecule has 0 bridgehead atoms. The fraction of sp³-hybridized carbons (Fsp3) is 0.412. The molecule has 6 nitrogen and oxygen atoms in total.